The van der Waals surface area contributed by atoms with Crippen LogP contribution in [0.2, 0.25) is 0 Å². The molecule has 0 amide bonds. The van der Waals surface area contributed by atoms with Gasteiger partial charge in [-0.3, -0.25) is 0 Å². The summed E-state index contributed by atoms with van der Waals surface area (Å²) in [6.45, 7) is 7.56. The zero-order valence-electron chi connectivity index (χ0n) is 9.74. The van der Waals surface area contributed by atoms with Gasteiger partial charge in [-0.1, -0.05) is 11.8 Å². The maximum atomic E-state index is 9.55. The largest absolute Gasteiger partial charge is 0.390 e. The maximum absolute atomic E-state index is 9.55. The van der Waals surface area contributed by atoms with Crippen molar-refractivity contribution >= 4 is 11.8 Å². The van der Waals surface area contributed by atoms with Crippen molar-refractivity contribution in [2.45, 2.75) is 44.9 Å². The molecule has 1 rings (SSSR count). The number of aryl methyl sites for hydroxylation is 2. The molecule has 3 nitrogen and oxygen atoms in total. The minimum absolute atomic E-state index is 0.605. The molecule has 0 aliphatic rings. The molecule has 0 fully saturated rings. The molecule has 0 aliphatic carbocycles. The Bertz CT molecular complexity index is 314. The van der Waals surface area contributed by atoms with E-state index in [0.29, 0.717) is 0 Å². The summed E-state index contributed by atoms with van der Waals surface area (Å²) in [6, 6.07) is 1.96. The first-order valence-electron chi connectivity index (χ1n) is 5.04. The van der Waals surface area contributed by atoms with Gasteiger partial charge in [-0.15, -0.1) is 0 Å². The zero-order chi connectivity index (χ0) is 11.5. The molecule has 0 saturated carbocycles. The van der Waals surface area contributed by atoms with Gasteiger partial charge in [0.2, 0.25) is 0 Å². The summed E-state index contributed by atoms with van der Waals surface area (Å²) in [5, 5.41) is 10.4. The summed E-state index contributed by atoms with van der Waals surface area (Å²) < 4.78 is 0. The van der Waals surface area contributed by atoms with Crippen molar-refractivity contribution in [3.8, 4) is 0 Å². The summed E-state index contributed by atoms with van der Waals surface area (Å²) in [6.07, 6.45) is 0.744. The van der Waals surface area contributed by atoms with Gasteiger partial charge in [0.05, 0.1) is 5.60 Å². The summed E-state index contributed by atoms with van der Waals surface area (Å²) >= 11 is 1.59. The molecule has 0 saturated heterocycles. The Morgan fingerprint density at radius 1 is 1.27 bits per heavy atom. The third-order valence-corrected chi connectivity index (χ3v) is 2.76. The molecule has 1 heterocycles. The van der Waals surface area contributed by atoms with Crippen LogP contribution < -0.4 is 0 Å². The fourth-order valence-electron chi connectivity index (χ4n) is 1.15. The topological polar surface area (TPSA) is 46.0 Å². The number of thioether (sulfide) groups is 1. The molecule has 1 aromatic heterocycles. The predicted octanol–water partition coefficient (Wildman–Crippen LogP) is 2.35. The van der Waals surface area contributed by atoms with E-state index in [2.05, 4.69) is 9.97 Å². The number of rotatable bonds is 4. The molecule has 4 heteroatoms. The second kappa shape index (κ2) is 4.94. The molecule has 15 heavy (non-hydrogen) atoms. The minimum Gasteiger partial charge on any atom is -0.390 e. The third-order valence-electron chi connectivity index (χ3n) is 1.91. The zero-order valence-corrected chi connectivity index (χ0v) is 10.6. The van der Waals surface area contributed by atoms with Crippen LogP contribution in [0.5, 0.6) is 0 Å². The van der Waals surface area contributed by atoms with Crippen LogP contribution in [0.3, 0.4) is 0 Å². The van der Waals surface area contributed by atoms with E-state index < -0.39 is 5.60 Å². The standard InChI is InChI=1S/C11H18N2OS/c1-8-7-9(2)13-10(12-8)15-6-5-11(3,4)14/h7,14H,5-6H2,1-4H3. The summed E-state index contributed by atoms with van der Waals surface area (Å²) in [4.78, 5) is 8.65. The normalized spacial score (nSPS) is 11.8. The quantitative estimate of drug-likeness (QED) is 0.632. The summed E-state index contributed by atoms with van der Waals surface area (Å²) in [7, 11) is 0. The van der Waals surface area contributed by atoms with Crippen LogP contribution >= 0.6 is 11.8 Å². The Hall–Kier alpha value is -0.610. The first kappa shape index (κ1) is 12.5. The second-order valence-electron chi connectivity index (χ2n) is 4.34. The van der Waals surface area contributed by atoms with Crippen LogP contribution in [-0.2, 0) is 0 Å². The van der Waals surface area contributed by atoms with Gasteiger partial charge in [0.25, 0.3) is 0 Å². The molecular weight excluding hydrogens is 208 g/mol. The SMILES string of the molecule is Cc1cc(C)nc(SCCC(C)(C)O)n1. The van der Waals surface area contributed by atoms with E-state index in [4.69, 9.17) is 0 Å². The third kappa shape index (κ3) is 5.14. The molecule has 0 atom stereocenters. The van der Waals surface area contributed by atoms with Crippen LogP contribution in [-0.4, -0.2) is 26.4 Å². The molecule has 0 aromatic carbocycles. The van der Waals surface area contributed by atoms with Crippen LogP contribution in [0, 0.1) is 13.8 Å². The molecule has 0 bridgehead atoms. The lowest BCUT2D eigenvalue weighted by Gasteiger charge is -2.15. The summed E-state index contributed by atoms with van der Waals surface area (Å²) in [5.74, 6) is 0.840. The van der Waals surface area contributed by atoms with Crippen molar-refractivity contribution in [1.82, 2.24) is 9.97 Å². The fourth-order valence-corrected chi connectivity index (χ4v) is 2.35. The van der Waals surface area contributed by atoms with Gasteiger partial charge in [0.1, 0.15) is 0 Å². The van der Waals surface area contributed by atoms with Crippen molar-refractivity contribution in [3.05, 3.63) is 17.5 Å². The van der Waals surface area contributed by atoms with Crippen molar-refractivity contribution in [2.24, 2.45) is 0 Å². The molecule has 1 N–H and O–H groups in total. The molecule has 84 valence electrons. The second-order valence-corrected chi connectivity index (χ2v) is 5.41. The first-order valence-corrected chi connectivity index (χ1v) is 6.03. The van der Waals surface area contributed by atoms with Crippen LogP contribution in [0.1, 0.15) is 31.7 Å². The van der Waals surface area contributed by atoms with E-state index >= 15 is 0 Å². The van der Waals surface area contributed by atoms with E-state index in [1.807, 2.05) is 33.8 Å². The van der Waals surface area contributed by atoms with Gasteiger partial charge in [0.15, 0.2) is 5.16 Å². The Kier molecular flexibility index (Phi) is 4.11. The van der Waals surface area contributed by atoms with E-state index in [9.17, 15) is 5.11 Å². The van der Waals surface area contributed by atoms with Crippen molar-refractivity contribution in [3.63, 3.8) is 0 Å². The van der Waals surface area contributed by atoms with E-state index in [0.717, 1.165) is 28.7 Å². The lowest BCUT2D eigenvalue weighted by Crippen LogP contribution is -2.19. The summed E-state index contributed by atoms with van der Waals surface area (Å²) in [5.41, 5.74) is 1.38. The maximum Gasteiger partial charge on any atom is 0.187 e. The highest BCUT2D eigenvalue weighted by molar-refractivity contribution is 7.99. The van der Waals surface area contributed by atoms with E-state index in [1.165, 1.54) is 0 Å². The van der Waals surface area contributed by atoms with Gasteiger partial charge < -0.3 is 5.11 Å². The highest BCUT2D eigenvalue weighted by Gasteiger charge is 2.12. The van der Waals surface area contributed by atoms with Gasteiger partial charge in [-0.05, 0) is 40.2 Å². The molecular formula is C11H18N2OS. The van der Waals surface area contributed by atoms with Gasteiger partial charge in [0, 0.05) is 17.1 Å². The Labute approximate surface area is 95.3 Å². The Morgan fingerprint density at radius 3 is 2.27 bits per heavy atom. The first-order chi connectivity index (χ1) is 6.87. The highest BCUT2D eigenvalue weighted by Crippen LogP contribution is 2.18. The predicted molar refractivity (Wildman–Crippen MR) is 63.1 cm³/mol. The molecule has 1 aromatic rings. The molecule has 0 aliphatic heterocycles. The smallest absolute Gasteiger partial charge is 0.187 e. The number of aromatic nitrogens is 2. The molecule has 0 spiro atoms. The number of nitrogens with zero attached hydrogens (tertiary/aromatic N) is 2. The lowest BCUT2D eigenvalue weighted by molar-refractivity contribution is 0.0777. The van der Waals surface area contributed by atoms with Gasteiger partial charge >= 0.3 is 0 Å². The van der Waals surface area contributed by atoms with Crippen LogP contribution in [0.25, 0.3) is 0 Å². The minimum atomic E-state index is -0.605. The van der Waals surface area contributed by atoms with Crippen molar-refractivity contribution in [2.75, 3.05) is 5.75 Å². The highest BCUT2D eigenvalue weighted by atomic mass is 32.2. The fraction of sp³-hybridized carbons (Fsp3) is 0.636. The molecule has 0 unspecified atom stereocenters. The van der Waals surface area contributed by atoms with Crippen molar-refractivity contribution < 1.29 is 5.11 Å². The van der Waals surface area contributed by atoms with Gasteiger partial charge in [-0.25, -0.2) is 9.97 Å². The van der Waals surface area contributed by atoms with Gasteiger partial charge in [-0.2, -0.15) is 0 Å². The number of hydrogen-bond acceptors (Lipinski definition) is 4. The van der Waals surface area contributed by atoms with Crippen LogP contribution in [0.4, 0.5) is 0 Å². The Balaban J connectivity index is 2.51. The lowest BCUT2D eigenvalue weighted by atomic mass is 10.1. The Morgan fingerprint density at radius 2 is 1.80 bits per heavy atom. The van der Waals surface area contributed by atoms with Crippen molar-refractivity contribution in [1.29, 1.82) is 0 Å². The average molecular weight is 226 g/mol. The number of hydrogen-bond donors (Lipinski definition) is 1. The average Bonchev–Trinajstić information content (AvgIpc) is 1.99. The monoisotopic (exact) mass is 226 g/mol. The van der Waals surface area contributed by atoms with E-state index in [1.54, 1.807) is 11.8 Å². The number of aliphatic hydroxyl groups is 1. The van der Waals surface area contributed by atoms with Crippen LogP contribution in [0.15, 0.2) is 11.2 Å². The molecule has 0 radical (unpaired) electrons. The van der Waals surface area contributed by atoms with E-state index in [-0.39, 0.29) is 0 Å².